The number of ether oxygens (including phenoxy) is 1. The Kier molecular flexibility index (Phi) is 8.74. The topological polar surface area (TPSA) is 78.8 Å². The lowest BCUT2D eigenvalue weighted by Crippen LogP contribution is -2.50. The van der Waals surface area contributed by atoms with E-state index in [0.29, 0.717) is 24.6 Å². The molecule has 7 nitrogen and oxygen atoms in total. The van der Waals surface area contributed by atoms with Gasteiger partial charge < -0.3 is 29.3 Å². The van der Waals surface area contributed by atoms with Crippen LogP contribution in [0.3, 0.4) is 0 Å². The zero-order valence-corrected chi connectivity index (χ0v) is 23.0. The zero-order valence-electron chi connectivity index (χ0n) is 22.2. The molecule has 3 aromatic rings. The summed E-state index contributed by atoms with van der Waals surface area (Å²) in [7, 11) is 0. The van der Waals surface area contributed by atoms with Crippen LogP contribution in [0.15, 0.2) is 54.1 Å². The van der Waals surface area contributed by atoms with Gasteiger partial charge in [-0.3, -0.25) is 4.79 Å². The van der Waals surface area contributed by atoms with E-state index >= 15 is 0 Å². The fraction of sp³-hybridized carbons (Fsp3) is 0.433. The van der Waals surface area contributed by atoms with E-state index < -0.39 is 12.1 Å². The van der Waals surface area contributed by atoms with Crippen molar-refractivity contribution in [2.24, 2.45) is 0 Å². The molecule has 2 aliphatic rings. The number of hydrogen-bond donors (Lipinski definition) is 3. The van der Waals surface area contributed by atoms with E-state index in [1.807, 2.05) is 42.5 Å². The van der Waals surface area contributed by atoms with Crippen LogP contribution in [-0.4, -0.2) is 60.1 Å². The van der Waals surface area contributed by atoms with Crippen molar-refractivity contribution in [2.75, 3.05) is 30.6 Å². The van der Waals surface area contributed by atoms with E-state index in [1.165, 1.54) is 10.9 Å². The number of rotatable bonds is 10. The third kappa shape index (κ3) is 5.94. The molecule has 0 aliphatic carbocycles. The molecule has 3 heterocycles. The molecule has 3 N–H and O–H groups in total. The highest BCUT2D eigenvalue weighted by Gasteiger charge is 2.26. The van der Waals surface area contributed by atoms with Gasteiger partial charge >= 0.3 is 0 Å². The van der Waals surface area contributed by atoms with Crippen LogP contribution in [0.2, 0.25) is 0 Å². The average Bonchev–Trinajstić information content (AvgIpc) is 3.21. The van der Waals surface area contributed by atoms with Crippen LogP contribution in [0, 0.1) is 0 Å². The van der Waals surface area contributed by atoms with Crippen molar-refractivity contribution in [2.45, 2.75) is 57.8 Å². The van der Waals surface area contributed by atoms with Crippen molar-refractivity contribution in [3.63, 3.8) is 0 Å². The second-order valence-electron chi connectivity index (χ2n) is 9.99. The van der Waals surface area contributed by atoms with Crippen molar-refractivity contribution in [1.29, 1.82) is 0 Å². The smallest absolute Gasteiger partial charge is 0.251 e. The minimum atomic E-state index is -0.731. The Morgan fingerprint density at radius 2 is 1.95 bits per heavy atom. The summed E-state index contributed by atoms with van der Waals surface area (Å²) < 4.78 is 9.88. The molecular weight excluding hydrogens is 496 g/mol. The van der Waals surface area contributed by atoms with Gasteiger partial charge in [-0.1, -0.05) is 30.3 Å². The Hall–Kier alpha value is -2.78. The van der Waals surface area contributed by atoms with Crippen LogP contribution >= 0.6 is 11.9 Å². The molecule has 0 bridgehead atoms. The number of anilines is 1. The first kappa shape index (κ1) is 26.8. The van der Waals surface area contributed by atoms with E-state index in [4.69, 9.17) is 4.74 Å². The van der Waals surface area contributed by atoms with Gasteiger partial charge in [0, 0.05) is 61.6 Å². The molecular formula is C30H38N4O3S. The molecule has 1 saturated heterocycles. The minimum Gasteiger partial charge on any atom is -0.390 e. The third-order valence-corrected chi connectivity index (χ3v) is 8.47. The first-order chi connectivity index (χ1) is 18.6. The van der Waals surface area contributed by atoms with Crippen molar-refractivity contribution in [1.82, 2.24) is 15.2 Å². The summed E-state index contributed by atoms with van der Waals surface area (Å²) in [6, 6.07) is 13.9. The molecule has 0 unspecified atom stereocenters. The standard InChI is InChI=1S/C30H38N4O3S/c1-3-33-20-22-12-15-38-34(4-2)27-18-23(17-26(33)29(22)27)30(36)32-25(16-21-8-6-5-7-9-21)28(35)19-31-24-10-13-37-14-11-24/h5-9,12,15,17-18,20,24-25,28,31,35H,3-4,10-11,13-14,16,19H2,1-2H3,(H,32,36)/t25-,28+/m0/s1. The lowest BCUT2D eigenvalue weighted by atomic mass is 9.99. The Balaban J connectivity index is 1.41. The fourth-order valence-corrected chi connectivity index (χ4v) is 6.13. The maximum Gasteiger partial charge on any atom is 0.251 e. The van der Waals surface area contributed by atoms with E-state index in [1.54, 1.807) is 11.9 Å². The van der Waals surface area contributed by atoms with Crippen LogP contribution in [0.25, 0.3) is 17.0 Å². The summed E-state index contributed by atoms with van der Waals surface area (Å²) in [6.45, 7) is 7.79. The highest BCUT2D eigenvalue weighted by atomic mass is 32.2. The molecule has 2 aromatic carbocycles. The van der Waals surface area contributed by atoms with Crippen LogP contribution < -0.4 is 14.9 Å². The van der Waals surface area contributed by atoms with Gasteiger partial charge in [0.15, 0.2) is 0 Å². The van der Waals surface area contributed by atoms with Gasteiger partial charge in [-0.25, -0.2) is 0 Å². The van der Waals surface area contributed by atoms with Crippen LogP contribution in [0.5, 0.6) is 0 Å². The van der Waals surface area contributed by atoms with Crippen molar-refractivity contribution in [3.8, 4) is 0 Å². The normalized spacial score (nSPS) is 17.4. The summed E-state index contributed by atoms with van der Waals surface area (Å²) in [6.07, 6.45) is 6.00. The molecule has 0 radical (unpaired) electrons. The molecule has 1 amide bonds. The van der Waals surface area contributed by atoms with E-state index in [-0.39, 0.29) is 5.91 Å². The largest absolute Gasteiger partial charge is 0.390 e. The highest BCUT2D eigenvalue weighted by molar-refractivity contribution is 8.03. The van der Waals surface area contributed by atoms with E-state index in [0.717, 1.165) is 55.9 Å². The van der Waals surface area contributed by atoms with E-state index in [9.17, 15) is 9.90 Å². The minimum absolute atomic E-state index is 0.169. The predicted octanol–water partition coefficient (Wildman–Crippen LogP) is 4.59. The number of carbonyl (C=O) groups excluding carboxylic acids is 1. The summed E-state index contributed by atoms with van der Waals surface area (Å²) in [5.41, 5.74) is 4.96. The van der Waals surface area contributed by atoms with Crippen LogP contribution in [0.4, 0.5) is 5.69 Å². The Labute approximate surface area is 229 Å². The number of carbonyl (C=O) groups is 1. The molecule has 1 aromatic heterocycles. The van der Waals surface area contributed by atoms with Gasteiger partial charge in [0.2, 0.25) is 0 Å². The molecule has 38 heavy (non-hydrogen) atoms. The van der Waals surface area contributed by atoms with Crippen LogP contribution in [0.1, 0.15) is 48.2 Å². The summed E-state index contributed by atoms with van der Waals surface area (Å²) in [5.74, 6) is -0.169. The second kappa shape index (κ2) is 12.4. The number of aliphatic hydroxyl groups excluding tert-OH is 1. The van der Waals surface area contributed by atoms with Crippen LogP contribution in [-0.2, 0) is 17.7 Å². The average molecular weight is 535 g/mol. The molecule has 0 spiro atoms. The number of aliphatic hydroxyl groups is 1. The van der Waals surface area contributed by atoms with Gasteiger partial charge in [0.25, 0.3) is 5.91 Å². The number of benzene rings is 2. The monoisotopic (exact) mass is 534 g/mol. The number of amides is 1. The summed E-state index contributed by atoms with van der Waals surface area (Å²) in [4.78, 5) is 13.8. The SMILES string of the molecule is CCN1SC=Cc2cn(CC)c3cc(C(=O)N[C@@H](Cc4ccccc4)[C@H](O)CNC4CCOCC4)cc1c23. The first-order valence-corrected chi connectivity index (χ1v) is 14.5. The van der Waals surface area contributed by atoms with Gasteiger partial charge in [-0.2, -0.15) is 0 Å². The zero-order chi connectivity index (χ0) is 26.5. The number of nitrogens with one attached hydrogen (secondary N) is 2. The van der Waals surface area contributed by atoms with Gasteiger partial charge in [0.1, 0.15) is 0 Å². The number of nitrogens with zero attached hydrogens (tertiary/aromatic N) is 2. The molecule has 2 aliphatic heterocycles. The maximum absolute atomic E-state index is 13.8. The number of aryl methyl sites for hydroxylation is 1. The summed E-state index contributed by atoms with van der Waals surface area (Å²) in [5, 5.41) is 21.2. The molecule has 2 atom stereocenters. The molecule has 8 heteroatoms. The summed E-state index contributed by atoms with van der Waals surface area (Å²) >= 11 is 1.65. The molecule has 202 valence electrons. The lowest BCUT2D eigenvalue weighted by molar-refractivity contribution is 0.0657. The quantitative estimate of drug-likeness (QED) is 0.330. The molecule has 1 fully saturated rings. The lowest BCUT2D eigenvalue weighted by Gasteiger charge is -2.29. The van der Waals surface area contributed by atoms with E-state index in [2.05, 4.69) is 51.0 Å². The number of hydrogen-bond acceptors (Lipinski definition) is 6. The first-order valence-electron chi connectivity index (χ1n) is 13.7. The Morgan fingerprint density at radius 1 is 1.16 bits per heavy atom. The highest BCUT2D eigenvalue weighted by Crippen LogP contribution is 2.39. The fourth-order valence-electron chi connectivity index (χ4n) is 5.37. The van der Waals surface area contributed by atoms with Crippen molar-refractivity contribution < 1.29 is 14.6 Å². The Bertz CT molecular complexity index is 1270. The van der Waals surface area contributed by atoms with Gasteiger partial charge in [-0.15, -0.1) is 0 Å². The van der Waals surface area contributed by atoms with Crippen molar-refractivity contribution in [3.05, 3.63) is 70.8 Å². The molecule has 0 saturated carbocycles. The van der Waals surface area contributed by atoms with Crippen molar-refractivity contribution >= 4 is 40.5 Å². The maximum atomic E-state index is 13.8. The Morgan fingerprint density at radius 3 is 2.68 bits per heavy atom. The number of aromatic nitrogens is 1. The van der Waals surface area contributed by atoms with Gasteiger partial charge in [-0.05, 0) is 74.2 Å². The second-order valence-corrected chi connectivity index (χ2v) is 10.9. The predicted molar refractivity (Wildman–Crippen MR) is 157 cm³/mol. The van der Waals surface area contributed by atoms with Gasteiger partial charge in [0.05, 0.1) is 23.3 Å². The molecule has 5 rings (SSSR count). The third-order valence-electron chi connectivity index (χ3n) is 7.50.